The van der Waals surface area contributed by atoms with Gasteiger partial charge in [-0.2, -0.15) is 0 Å². The Kier molecular flexibility index (Phi) is 2.19. The minimum atomic E-state index is -0.390. The molecule has 4 heteroatoms. The van der Waals surface area contributed by atoms with E-state index in [-0.39, 0.29) is 11.6 Å². The molecule has 0 aliphatic carbocycles. The highest BCUT2D eigenvalue weighted by Gasteiger charge is 2.00. The van der Waals surface area contributed by atoms with Crippen LogP contribution in [0.3, 0.4) is 0 Å². The molecule has 0 radical (unpaired) electrons. The van der Waals surface area contributed by atoms with Crippen molar-refractivity contribution < 1.29 is 5.11 Å². The number of hydrogen-bond acceptors (Lipinski definition) is 2. The number of alkyl halides is 1. The first-order valence-corrected chi connectivity index (χ1v) is 3.63. The van der Waals surface area contributed by atoms with E-state index < -0.39 is 5.43 Å². The van der Waals surface area contributed by atoms with Crippen LogP contribution in [0.5, 0.6) is 5.75 Å². The van der Waals surface area contributed by atoms with Gasteiger partial charge >= 0.3 is 0 Å². The molecule has 0 aliphatic rings. The first-order chi connectivity index (χ1) is 5.15. The minimum Gasteiger partial charge on any atom is -0.503 e. The van der Waals surface area contributed by atoms with Crippen LogP contribution >= 0.6 is 11.6 Å². The maximum Gasteiger partial charge on any atom is 0.223 e. The van der Waals surface area contributed by atoms with Crippen molar-refractivity contribution in [2.24, 2.45) is 7.05 Å². The van der Waals surface area contributed by atoms with E-state index in [1.807, 2.05) is 0 Å². The standard InChI is InChI=1S/C7H8ClNO2/c1-9-4-7(11)6(10)2-5(9)3-8/h2,4,11H,3H2,1H3. The molecule has 1 aromatic rings. The predicted molar refractivity (Wildman–Crippen MR) is 42.9 cm³/mol. The molecule has 0 bridgehead atoms. The van der Waals surface area contributed by atoms with Gasteiger partial charge in [-0.3, -0.25) is 4.79 Å². The summed E-state index contributed by atoms with van der Waals surface area (Å²) in [6.45, 7) is 0. The van der Waals surface area contributed by atoms with Crippen LogP contribution in [0.1, 0.15) is 5.69 Å². The highest BCUT2D eigenvalue weighted by Crippen LogP contribution is 2.04. The Morgan fingerprint density at radius 1 is 1.73 bits per heavy atom. The maximum absolute atomic E-state index is 10.8. The molecule has 0 amide bonds. The van der Waals surface area contributed by atoms with E-state index >= 15 is 0 Å². The van der Waals surface area contributed by atoms with Crippen molar-refractivity contribution in [3.8, 4) is 5.75 Å². The predicted octanol–water partition coefficient (Wildman–Crippen LogP) is 0.830. The number of pyridine rings is 1. The summed E-state index contributed by atoms with van der Waals surface area (Å²) in [4.78, 5) is 10.8. The van der Waals surface area contributed by atoms with Gasteiger partial charge in [0.25, 0.3) is 0 Å². The lowest BCUT2D eigenvalue weighted by Crippen LogP contribution is -2.07. The van der Waals surface area contributed by atoms with Gasteiger partial charge in [-0.25, -0.2) is 0 Å². The average Bonchev–Trinajstić information content (AvgIpc) is 1.97. The van der Waals surface area contributed by atoms with Gasteiger partial charge in [0.2, 0.25) is 5.43 Å². The van der Waals surface area contributed by atoms with E-state index in [1.165, 1.54) is 12.3 Å². The highest BCUT2D eigenvalue weighted by molar-refractivity contribution is 6.16. The number of aryl methyl sites for hydroxylation is 1. The minimum absolute atomic E-state index is 0.249. The summed E-state index contributed by atoms with van der Waals surface area (Å²) < 4.78 is 1.61. The lowest BCUT2D eigenvalue weighted by atomic mass is 10.3. The molecule has 1 rings (SSSR count). The molecule has 0 spiro atoms. The SMILES string of the molecule is Cn1cc(O)c(=O)cc1CCl. The lowest BCUT2D eigenvalue weighted by molar-refractivity contribution is 0.462. The van der Waals surface area contributed by atoms with Crippen LogP contribution < -0.4 is 5.43 Å². The number of halogens is 1. The fraction of sp³-hybridized carbons (Fsp3) is 0.286. The Balaban J connectivity index is 3.32. The van der Waals surface area contributed by atoms with Crippen molar-refractivity contribution in [3.63, 3.8) is 0 Å². The molecule has 0 saturated carbocycles. The Hall–Kier alpha value is -0.960. The zero-order valence-corrected chi connectivity index (χ0v) is 6.80. The number of aromatic nitrogens is 1. The molecule has 0 unspecified atom stereocenters. The Morgan fingerprint density at radius 3 is 2.91 bits per heavy atom. The number of rotatable bonds is 1. The summed E-state index contributed by atoms with van der Waals surface area (Å²) in [5.41, 5.74) is 0.299. The second-order valence-corrected chi connectivity index (χ2v) is 2.53. The molecule has 1 N–H and O–H groups in total. The van der Waals surface area contributed by atoms with Gasteiger partial charge in [0.1, 0.15) is 0 Å². The number of aromatic hydroxyl groups is 1. The lowest BCUT2D eigenvalue weighted by Gasteiger charge is -2.04. The first-order valence-electron chi connectivity index (χ1n) is 3.09. The van der Waals surface area contributed by atoms with Crippen molar-refractivity contribution in [1.29, 1.82) is 0 Å². The topological polar surface area (TPSA) is 42.2 Å². The molecule has 3 nitrogen and oxygen atoms in total. The third-order valence-electron chi connectivity index (χ3n) is 1.46. The van der Waals surface area contributed by atoms with Gasteiger partial charge in [-0.1, -0.05) is 0 Å². The van der Waals surface area contributed by atoms with Gasteiger partial charge in [0, 0.05) is 25.0 Å². The van der Waals surface area contributed by atoms with Crippen LogP contribution in [-0.2, 0) is 12.9 Å². The molecule has 0 aliphatic heterocycles. The van der Waals surface area contributed by atoms with Crippen molar-refractivity contribution in [1.82, 2.24) is 4.57 Å². The summed E-state index contributed by atoms with van der Waals surface area (Å²) in [5.74, 6) is 0.0211. The third-order valence-corrected chi connectivity index (χ3v) is 1.73. The molecule has 60 valence electrons. The van der Waals surface area contributed by atoms with Crippen molar-refractivity contribution in [2.75, 3.05) is 0 Å². The summed E-state index contributed by atoms with van der Waals surface area (Å²) in [6, 6.07) is 1.32. The Labute approximate surface area is 68.8 Å². The normalized spacial score (nSPS) is 10.0. The van der Waals surface area contributed by atoms with Crippen molar-refractivity contribution in [3.05, 3.63) is 28.2 Å². The molecule has 1 heterocycles. The second-order valence-electron chi connectivity index (χ2n) is 2.26. The van der Waals surface area contributed by atoms with Crippen molar-refractivity contribution in [2.45, 2.75) is 5.88 Å². The first kappa shape index (κ1) is 8.14. The van der Waals surface area contributed by atoms with Crippen LogP contribution in [0, 0.1) is 0 Å². The van der Waals surface area contributed by atoms with Gasteiger partial charge in [-0.05, 0) is 0 Å². The molecule has 0 saturated heterocycles. The zero-order chi connectivity index (χ0) is 8.43. The highest BCUT2D eigenvalue weighted by atomic mass is 35.5. The smallest absolute Gasteiger partial charge is 0.223 e. The van der Waals surface area contributed by atoms with Crippen LogP contribution in [-0.4, -0.2) is 9.67 Å². The van der Waals surface area contributed by atoms with E-state index in [2.05, 4.69) is 0 Å². The molecular formula is C7H8ClNO2. The number of nitrogens with zero attached hydrogens (tertiary/aromatic N) is 1. The van der Waals surface area contributed by atoms with Crippen LogP contribution in [0.25, 0.3) is 0 Å². The largest absolute Gasteiger partial charge is 0.503 e. The summed E-state index contributed by atoms with van der Waals surface area (Å²) in [6.07, 6.45) is 1.35. The van der Waals surface area contributed by atoms with Crippen LogP contribution in [0.4, 0.5) is 0 Å². The van der Waals surface area contributed by atoms with Gasteiger partial charge in [0.15, 0.2) is 5.75 Å². The van der Waals surface area contributed by atoms with Crippen molar-refractivity contribution >= 4 is 11.6 Å². The summed E-state index contributed by atoms with van der Waals surface area (Å²) in [5, 5.41) is 8.94. The average molecular weight is 174 g/mol. The van der Waals surface area contributed by atoms with E-state index in [1.54, 1.807) is 11.6 Å². The van der Waals surface area contributed by atoms with Gasteiger partial charge < -0.3 is 9.67 Å². The monoisotopic (exact) mass is 173 g/mol. The Morgan fingerprint density at radius 2 is 2.36 bits per heavy atom. The van der Waals surface area contributed by atoms with E-state index in [9.17, 15) is 4.79 Å². The molecular weight excluding hydrogens is 166 g/mol. The molecule has 11 heavy (non-hydrogen) atoms. The Bertz CT molecular complexity index is 319. The third kappa shape index (κ3) is 1.54. The van der Waals surface area contributed by atoms with Gasteiger partial charge in [0.05, 0.1) is 5.88 Å². The van der Waals surface area contributed by atoms with Crippen LogP contribution in [0.15, 0.2) is 17.1 Å². The quantitative estimate of drug-likeness (QED) is 0.640. The van der Waals surface area contributed by atoms with E-state index in [0.717, 1.165) is 0 Å². The van der Waals surface area contributed by atoms with Gasteiger partial charge in [-0.15, -0.1) is 11.6 Å². The van der Waals surface area contributed by atoms with E-state index in [4.69, 9.17) is 16.7 Å². The number of hydrogen-bond donors (Lipinski definition) is 1. The second kappa shape index (κ2) is 2.96. The molecule has 0 atom stereocenters. The molecule has 0 aromatic carbocycles. The van der Waals surface area contributed by atoms with Crippen LogP contribution in [0.2, 0.25) is 0 Å². The fourth-order valence-electron chi connectivity index (χ4n) is 0.790. The molecule has 0 fully saturated rings. The molecule has 1 aromatic heterocycles. The summed E-state index contributed by atoms with van der Waals surface area (Å²) in [7, 11) is 1.72. The summed E-state index contributed by atoms with van der Waals surface area (Å²) >= 11 is 5.52. The maximum atomic E-state index is 10.8. The van der Waals surface area contributed by atoms with E-state index in [0.29, 0.717) is 5.69 Å². The zero-order valence-electron chi connectivity index (χ0n) is 6.04. The fourth-order valence-corrected chi connectivity index (χ4v) is 1.06.